The molecule has 0 bridgehead atoms. The number of hydrogen-bond acceptors (Lipinski definition) is 2. The van der Waals surface area contributed by atoms with E-state index < -0.39 is 5.95 Å². The minimum atomic E-state index is -0.391. The van der Waals surface area contributed by atoms with Crippen LogP contribution < -0.4 is 0 Å². The van der Waals surface area contributed by atoms with Gasteiger partial charge in [-0.1, -0.05) is 83.1 Å². The van der Waals surface area contributed by atoms with Gasteiger partial charge >= 0.3 is 0 Å². The van der Waals surface area contributed by atoms with Crippen LogP contribution in [0.25, 0.3) is 11.1 Å². The van der Waals surface area contributed by atoms with Crippen LogP contribution in [0.3, 0.4) is 0 Å². The number of hydrogen-bond donors (Lipinski definition) is 0. The lowest BCUT2D eigenvalue weighted by molar-refractivity contribution is 0.251. The first-order chi connectivity index (χ1) is 13.7. The molecule has 2 aromatic rings. The molecule has 1 aliphatic rings. The number of benzene rings is 1. The average molecular weight is 383 g/mol. The largest absolute Gasteiger partial charge is 0.241 e. The van der Waals surface area contributed by atoms with Crippen molar-refractivity contribution in [1.29, 1.82) is 0 Å². The molecule has 2 nitrogen and oxygen atoms in total. The van der Waals surface area contributed by atoms with Crippen LogP contribution in [0, 0.1) is 17.8 Å². The smallest absolute Gasteiger partial charge is 0.224 e. The Morgan fingerprint density at radius 3 is 2.18 bits per heavy atom. The van der Waals surface area contributed by atoms with Gasteiger partial charge in [0, 0.05) is 12.6 Å². The summed E-state index contributed by atoms with van der Waals surface area (Å²) in [6.45, 7) is 4.47. The van der Waals surface area contributed by atoms with Gasteiger partial charge in [-0.25, -0.2) is 9.97 Å². The number of halogens is 1. The lowest BCUT2D eigenvalue weighted by Crippen LogP contribution is -2.15. The van der Waals surface area contributed by atoms with Crippen molar-refractivity contribution in [3.8, 4) is 11.1 Å². The number of unbranched alkanes of at least 4 members (excludes halogenated alkanes) is 1. The highest BCUT2D eigenvalue weighted by atomic mass is 19.1. The van der Waals surface area contributed by atoms with E-state index in [0.29, 0.717) is 11.4 Å². The Morgan fingerprint density at radius 2 is 1.57 bits per heavy atom. The fourth-order valence-corrected chi connectivity index (χ4v) is 4.49. The van der Waals surface area contributed by atoms with Crippen LogP contribution >= 0.6 is 0 Å². The molecule has 1 heterocycles. The fraction of sp³-hybridized carbons (Fsp3) is 0.600. The summed E-state index contributed by atoms with van der Waals surface area (Å²) in [6, 6.07) is 8.16. The van der Waals surface area contributed by atoms with E-state index in [1.54, 1.807) is 6.20 Å². The van der Waals surface area contributed by atoms with Crippen molar-refractivity contribution in [2.45, 2.75) is 84.5 Å². The summed E-state index contributed by atoms with van der Waals surface area (Å²) in [5.41, 5.74) is 2.67. The third kappa shape index (κ3) is 5.86. The first kappa shape index (κ1) is 21.0. The van der Waals surface area contributed by atoms with Gasteiger partial charge in [-0.3, -0.25) is 0 Å². The molecule has 0 amide bonds. The summed E-state index contributed by atoms with van der Waals surface area (Å²) < 4.78 is 14.6. The van der Waals surface area contributed by atoms with E-state index in [-0.39, 0.29) is 0 Å². The Kier molecular flexibility index (Phi) is 8.00. The Hall–Kier alpha value is -1.77. The summed E-state index contributed by atoms with van der Waals surface area (Å²) in [5, 5.41) is 0. The quantitative estimate of drug-likeness (QED) is 0.430. The third-order valence-corrected chi connectivity index (χ3v) is 6.32. The molecule has 0 spiro atoms. The van der Waals surface area contributed by atoms with Gasteiger partial charge in [0.2, 0.25) is 5.95 Å². The maximum Gasteiger partial charge on any atom is 0.224 e. The fourth-order valence-electron chi connectivity index (χ4n) is 4.49. The van der Waals surface area contributed by atoms with Crippen molar-refractivity contribution in [3.63, 3.8) is 0 Å². The topological polar surface area (TPSA) is 25.8 Å². The molecule has 0 N–H and O–H groups in total. The van der Waals surface area contributed by atoms with Crippen LogP contribution in [-0.4, -0.2) is 9.97 Å². The van der Waals surface area contributed by atoms with E-state index in [0.717, 1.165) is 36.7 Å². The molecule has 1 aromatic heterocycles. The van der Waals surface area contributed by atoms with Crippen LogP contribution in [0.5, 0.6) is 0 Å². The molecule has 0 unspecified atom stereocenters. The Balaban J connectivity index is 1.54. The van der Waals surface area contributed by atoms with Crippen molar-refractivity contribution < 1.29 is 4.39 Å². The van der Waals surface area contributed by atoms with Gasteiger partial charge in [-0.2, -0.15) is 4.39 Å². The van der Waals surface area contributed by atoms with Crippen molar-refractivity contribution in [2.75, 3.05) is 0 Å². The lowest BCUT2D eigenvalue weighted by atomic mass is 9.78. The van der Waals surface area contributed by atoms with Gasteiger partial charge in [-0.05, 0) is 42.2 Å². The number of aryl methyl sites for hydroxylation is 2. The zero-order chi connectivity index (χ0) is 19.8. The molecule has 3 heteroatoms. The van der Waals surface area contributed by atoms with E-state index in [1.807, 2.05) is 12.1 Å². The molecule has 1 aromatic carbocycles. The molecule has 0 radical (unpaired) electrons. The second-order valence-corrected chi connectivity index (χ2v) is 8.51. The summed E-state index contributed by atoms with van der Waals surface area (Å²) >= 11 is 0. The molecule has 1 aliphatic carbocycles. The Morgan fingerprint density at radius 1 is 0.893 bits per heavy atom. The lowest BCUT2D eigenvalue weighted by Gasteiger charge is -2.28. The molecular formula is C25H35FN2. The van der Waals surface area contributed by atoms with Gasteiger partial charge in [0.05, 0.1) is 5.56 Å². The maximum atomic E-state index is 14.6. The first-order valence-corrected chi connectivity index (χ1v) is 11.3. The normalized spacial score (nSPS) is 19.7. The van der Waals surface area contributed by atoms with E-state index in [9.17, 15) is 4.39 Å². The highest BCUT2D eigenvalue weighted by Gasteiger charge is 2.21. The molecule has 152 valence electrons. The van der Waals surface area contributed by atoms with Gasteiger partial charge in [-0.15, -0.1) is 0 Å². The van der Waals surface area contributed by atoms with Gasteiger partial charge < -0.3 is 0 Å². The summed E-state index contributed by atoms with van der Waals surface area (Å²) in [7, 11) is 0. The van der Waals surface area contributed by atoms with E-state index in [2.05, 4.69) is 35.9 Å². The molecule has 1 saturated carbocycles. The minimum absolute atomic E-state index is 0.391. The highest BCUT2D eigenvalue weighted by molar-refractivity contribution is 5.62. The third-order valence-electron chi connectivity index (χ3n) is 6.32. The molecule has 0 atom stereocenters. The number of rotatable bonds is 9. The standard InChI is InChI=1S/C25H35FN2/c1-3-5-7-20-12-15-22(16-13-20)23-18-27-24(28-25(23)26)17-14-21-10-8-19(6-4-2)9-11-21/h12-13,15-16,18-19,21H,3-11,14,17H2,1-2H3. The molecule has 3 rings (SSSR count). The zero-order valence-corrected chi connectivity index (χ0v) is 17.6. The molecular weight excluding hydrogens is 347 g/mol. The van der Waals surface area contributed by atoms with Crippen molar-refractivity contribution in [3.05, 3.63) is 47.8 Å². The van der Waals surface area contributed by atoms with Crippen molar-refractivity contribution in [1.82, 2.24) is 9.97 Å². The first-order valence-electron chi connectivity index (χ1n) is 11.3. The van der Waals surface area contributed by atoms with Crippen LogP contribution in [0.15, 0.2) is 30.5 Å². The van der Waals surface area contributed by atoms with Gasteiger partial charge in [0.25, 0.3) is 0 Å². The predicted molar refractivity (Wildman–Crippen MR) is 115 cm³/mol. The van der Waals surface area contributed by atoms with E-state index in [4.69, 9.17) is 0 Å². The zero-order valence-electron chi connectivity index (χ0n) is 17.6. The summed E-state index contributed by atoms with van der Waals surface area (Å²) in [4.78, 5) is 8.64. The minimum Gasteiger partial charge on any atom is -0.241 e. The van der Waals surface area contributed by atoms with E-state index in [1.165, 1.54) is 56.9 Å². The highest BCUT2D eigenvalue weighted by Crippen LogP contribution is 2.33. The molecule has 0 aliphatic heterocycles. The number of nitrogens with zero attached hydrogens (tertiary/aromatic N) is 2. The van der Waals surface area contributed by atoms with Crippen LogP contribution in [-0.2, 0) is 12.8 Å². The Labute approximate surface area is 170 Å². The predicted octanol–water partition coefficient (Wildman–Crippen LogP) is 7.16. The molecule has 0 saturated heterocycles. The second-order valence-electron chi connectivity index (χ2n) is 8.51. The van der Waals surface area contributed by atoms with Crippen LogP contribution in [0.1, 0.15) is 83.0 Å². The summed E-state index contributed by atoms with van der Waals surface area (Å²) in [6.07, 6.45) is 15.0. The van der Waals surface area contributed by atoms with Crippen LogP contribution in [0.2, 0.25) is 0 Å². The van der Waals surface area contributed by atoms with E-state index >= 15 is 0 Å². The average Bonchev–Trinajstić information content (AvgIpc) is 2.72. The van der Waals surface area contributed by atoms with Gasteiger partial charge in [0.15, 0.2) is 0 Å². The van der Waals surface area contributed by atoms with Crippen LogP contribution in [0.4, 0.5) is 4.39 Å². The van der Waals surface area contributed by atoms with Crippen molar-refractivity contribution in [2.24, 2.45) is 11.8 Å². The molecule has 28 heavy (non-hydrogen) atoms. The SMILES string of the molecule is CCCCc1ccc(-c2cnc(CCC3CCC(CCC)CC3)nc2F)cc1. The van der Waals surface area contributed by atoms with Crippen molar-refractivity contribution >= 4 is 0 Å². The van der Waals surface area contributed by atoms with Gasteiger partial charge in [0.1, 0.15) is 5.82 Å². The molecule has 1 fully saturated rings. The number of aromatic nitrogens is 2. The summed E-state index contributed by atoms with van der Waals surface area (Å²) in [5.74, 6) is 1.95. The Bertz CT molecular complexity index is 718. The monoisotopic (exact) mass is 382 g/mol. The second kappa shape index (κ2) is 10.7. The maximum absolute atomic E-state index is 14.6.